The van der Waals surface area contributed by atoms with Crippen LogP contribution in [0.15, 0.2) is 22.9 Å². The highest BCUT2D eigenvalue weighted by Gasteiger charge is 2.22. The lowest BCUT2D eigenvalue weighted by Gasteiger charge is -2.08. The number of rotatable bonds is 6. The Hall–Kier alpha value is -1.87. The second kappa shape index (κ2) is 7.79. The highest BCUT2D eigenvalue weighted by atomic mass is 79.9. The van der Waals surface area contributed by atoms with Crippen LogP contribution in [0.4, 0.5) is 19.0 Å². The zero-order valence-corrected chi connectivity index (χ0v) is 16.0. The first-order valence-corrected chi connectivity index (χ1v) is 8.94. The largest absolute Gasteiger partial charge is 0.364 e. The molecule has 0 aliphatic carbocycles. The normalized spacial score (nSPS) is 12.5. The number of pyridine rings is 1. The van der Waals surface area contributed by atoms with Crippen LogP contribution in [-0.2, 0) is 13.0 Å². The minimum atomic E-state index is -1.06. The lowest BCUT2D eigenvalue weighted by atomic mass is 10.1. The van der Waals surface area contributed by atoms with Gasteiger partial charge in [-0.25, -0.2) is 18.3 Å². The second-order valence-electron chi connectivity index (χ2n) is 5.73. The Morgan fingerprint density at radius 2 is 2.15 bits per heavy atom. The Labute approximate surface area is 160 Å². The number of hydrogen-bond acceptors (Lipinski definition) is 4. The van der Waals surface area contributed by atoms with Gasteiger partial charge >= 0.3 is 0 Å². The van der Waals surface area contributed by atoms with Crippen LogP contribution < -0.4 is 5.32 Å². The van der Waals surface area contributed by atoms with Crippen molar-refractivity contribution in [3.63, 3.8) is 0 Å². The number of alkyl halides is 1. The summed E-state index contributed by atoms with van der Waals surface area (Å²) >= 11 is 9.23. The highest BCUT2D eigenvalue weighted by Crippen LogP contribution is 2.32. The van der Waals surface area contributed by atoms with Crippen molar-refractivity contribution >= 4 is 38.9 Å². The molecular weight excluding hydrogens is 435 g/mol. The minimum absolute atomic E-state index is 0.0808. The van der Waals surface area contributed by atoms with E-state index in [9.17, 15) is 13.2 Å². The summed E-state index contributed by atoms with van der Waals surface area (Å²) in [6.45, 7) is 1.60. The van der Waals surface area contributed by atoms with Gasteiger partial charge in [0.1, 0.15) is 10.1 Å². The van der Waals surface area contributed by atoms with Crippen molar-refractivity contribution in [2.24, 2.45) is 0 Å². The third kappa shape index (κ3) is 3.93. The number of aromatic nitrogens is 4. The Kier molecular flexibility index (Phi) is 5.67. The van der Waals surface area contributed by atoms with Gasteiger partial charge in [-0.05, 0) is 65.0 Å². The molecule has 3 rings (SSSR count). The molecule has 138 valence electrons. The van der Waals surface area contributed by atoms with Gasteiger partial charge in [0.25, 0.3) is 0 Å². The molecule has 0 fully saturated rings. The Morgan fingerprint density at radius 3 is 2.85 bits per heavy atom. The molecule has 0 spiro atoms. The molecule has 3 aromatic rings. The first-order chi connectivity index (χ1) is 12.4. The van der Waals surface area contributed by atoms with E-state index >= 15 is 0 Å². The van der Waals surface area contributed by atoms with E-state index in [0.717, 1.165) is 0 Å². The molecule has 3 aromatic heterocycles. The quantitative estimate of drug-likeness (QED) is 0.554. The van der Waals surface area contributed by atoms with Crippen molar-refractivity contribution < 1.29 is 13.2 Å². The summed E-state index contributed by atoms with van der Waals surface area (Å²) in [6.07, 6.45) is 0.643. The molecule has 0 saturated carbocycles. The van der Waals surface area contributed by atoms with E-state index in [1.807, 2.05) is 0 Å². The summed E-state index contributed by atoms with van der Waals surface area (Å²) in [6, 6.07) is 2.88. The van der Waals surface area contributed by atoms with Gasteiger partial charge in [0, 0.05) is 18.3 Å². The molecule has 0 aromatic carbocycles. The van der Waals surface area contributed by atoms with Gasteiger partial charge in [-0.3, -0.25) is 0 Å². The predicted octanol–water partition coefficient (Wildman–Crippen LogP) is 4.72. The molecule has 0 aliphatic rings. The van der Waals surface area contributed by atoms with Crippen LogP contribution in [0.1, 0.15) is 24.5 Å². The molecule has 1 unspecified atom stereocenters. The molecule has 3 heterocycles. The summed E-state index contributed by atoms with van der Waals surface area (Å²) in [7, 11) is 0. The number of hydrogen-bond donors (Lipinski definition) is 1. The summed E-state index contributed by atoms with van der Waals surface area (Å²) in [5.74, 6) is -1.02. The fourth-order valence-electron chi connectivity index (χ4n) is 2.52. The van der Waals surface area contributed by atoms with Crippen LogP contribution in [0, 0.1) is 11.8 Å². The van der Waals surface area contributed by atoms with Gasteiger partial charge < -0.3 is 5.32 Å². The molecule has 0 radical (unpaired) electrons. The fourth-order valence-corrected chi connectivity index (χ4v) is 3.31. The molecular formula is C16H14BrClF3N5. The van der Waals surface area contributed by atoms with Crippen LogP contribution in [0.2, 0.25) is 5.28 Å². The molecule has 1 atom stereocenters. The van der Waals surface area contributed by atoms with Crippen LogP contribution in [0.25, 0.3) is 5.52 Å². The minimum Gasteiger partial charge on any atom is -0.364 e. The van der Waals surface area contributed by atoms with Gasteiger partial charge in [-0.15, -0.1) is 5.10 Å². The SMILES string of the molecule is CC(F)CCc1c(F)c2c(NCc3ccnc(F)c3)nc(Cl)nn2c1Br. The molecule has 0 aliphatic heterocycles. The van der Waals surface area contributed by atoms with Gasteiger partial charge in [-0.1, -0.05) is 0 Å². The average Bonchev–Trinajstić information content (AvgIpc) is 2.81. The van der Waals surface area contributed by atoms with E-state index in [1.165, 1.54) is 23.7 Å². The van der Waals surface area contributed by atoms with Crippen molar-refractivity contribution in [3.05, 3.63) is 51.1 Å². The molecule has 0 amide bonds. The van der Waals surface area contributed by atoms with E-state index in [2.05, 4.69) is 36.3 Å². The maximum Gasteiger partial charge on any atom is 0.243 e. The number of halogens is 5. The lowest BCUT2D eigenvalue weighted by molar-refractivity contribution is 0.340. The van der Waals surface area contributed by atoms with E-state index < -0.39 is 17.9 Å². The summed E-state index contributed by atoms with van der Waals surface area (Å²) in [5, 5.41) is 6.83. The Balaban J connectivity index is 1.98. The number of anilines is 1. The van der Waals surface area contributed by atoms with Crippen LogP contribution in [0.5, 0.6) is 0 Å². The maximum absolute atomic E-state index is 14.9. The number of nitrogens with zero attached hydrogens (tertiary/aromatic N) is 4. The van der Waals surface area contributed by atoms with Crippen molar-refractivity contribution in [1.29, 1.82) is 0 Å². The van der Waals surface area contributed by atoms with Crippen LogP contribution >= 0.6 is 27.5 Å². The van der Waals surface area contributed by atoms with E-state index in [4.69, 9.17) is 11.6 Å². The second-order valence-corrected chi connectivity index (χ2v) is 6.82. The predicted molar refractivity (Wildman–Crippen MR) is 96.1 cm³/mol. The third-order valence-electron chi connectivity index (χ3n) is 3.77. The molecule has 10 heteroatoms. The molecule has 1 N–H and O–H groups in total. The Bertz CT molecular complexity index is 947. The van der Waals surface area contributed by atoms with Crippen LogP contribution in [0.3, 0.4) is 0 Å². The lowest BCUT2D eigenvalue weighted by Crippen LogP contribution is -2.07. The number of nitrogens with one attached hydrogen (secondary N) is 1. The molecule has 0 bridgehead atoms. The van der Waals surface area contributed by atoms with E-state index in [-0.39, 0.29) is 36.0 Å². The van der Waals surface area contributed by atoms with Gasteiger partial charge in [0.05, 0.1) is 6.17 Å². The summed E-state index contributed by atoms with van der Waals surface area (Å²) in [4.78, 5) is 7.51. The zero-order chi connectivity index (χ0) is 18.8. The van der Waals surface area contributed by atoms with Crippen molar-refractivity contribution in [2.75, 3.05) is 5.32 Å². The highest BCUT2D eigenvalue weighted by molar-refractivity contribution is 9.10. The maximum atomic E-state index is 14.9. The number of fused-ring (bicyclic) bond motifs is 1. The van der Waals surface area contributed by atoms with Crippen molar-refractivity contribution in [3.8, 4) is 0 Å². The van der Waals surface area contributed by atoms with E-state index in [1.54, 1.807) is 6.07 Å². The molecule has 5 nitrogen and oxygen atoms in total. The van der Waals surface area contributed by atoms with Gasteiger partial charge in [-0.2, -0.15) is 9.37 Å². The van der Waals surface area contributed by atoms with E-state index in [0.29, 0.717) is 15.7 Å². The first-order valence-electron chi connectivity index (χ1n) is 7.77. The fraction of sp³-hybridized carbons (Fsp3) is 0.312. The van der Waals surface area contributed by atoms with Crippen LogP contribution in [-0.4, -0.2) is 25.8 Å². The molecule has 0 saturated heterocycles. The third-order valence-corrected chi connectivity index (χ3v) is 4.75. The summed E-state index contributed by atoms with van der Waals surface area (Å²) < 4.78 is 42.9. The summed E-state index contributed by atoms with van der Waals surface area (Å²) in [5.41, 5.74) is 0.976. The first kappa shape index (κ1) is 18.9. The van der Waals surface area contributed by atoms with Crippen molar-refractivity contribution in [1.82, 2.24) is 19.6 Å². The monoisotopic (exact) mass is 447 g/mol. The Morgan fingerprint density at radius 1 is 1.38 bits per heavy atom. The zero-order valence-electron chi connectivity index (χ0n) is 13.6. The van der Waals surface area contributed by atoms with Crippen molar-refractivity contribution in [2.45, 2.75) is 32.5 Å². The smallest absolute Gasteiger partial charge is 0.243 e. The van der Waals surface area contributed by atoms with Gasteiger partial charge in [0.2, 0.25) is 11.2 Å². The topological polar surface area (TPSA) is 55.1 Å². The average molecular weight is 449 g/mol. The molecule has 26 heavy (non-hydrogen) atoms. The van der Waals surface area contributed by atoms with Gasteiger partial charge in [0.15, 0.2) is 11.6 Å². The standard InChI is InChI=1S/C16H14BrClF3N5/c1-8(19)2-3-10-12(21)13-15(24-16(18)25-26(13)14(10)17)23-7-9-4-5-22-11(20)6-9/h4-6,8H,2-3,7H2,1H3,(H,23,24,25).